The summed E-state index contributed by atoms with van der Waals surface area (Å²) in [4.78, 5) is 40.0. The van der Waals surface area contributed by atoms with Crippen molar-refractivity contribution in [3.05, 3.63) is 41.6 Å². The zero-order valence-corrected chi connectivity index (χ0v) is 16.1. The maximum absolute atomic E-state index is 12.8. The monoisotopic (exact) mass is 383 g/mol. The van der Waals surface area contributed by atoms with E-state index in [4.69, 9.17) is 4.42 Å². The van der Waals surface area contributed by atoms with Crippen molar-refractivity contribution in [1.29, 1.82) is 0 Å². The molecule has 2 amide bonds. The number of hydrogen-bond donors (Lipinski definition) is 0. The number of piperidine rings is 1. The number of furan rings is 1. The Bertz CT molecular complexity index is 838. The highest BCUT2D eigenvalue weighted by atomic mass is 16.3. The molecule has 4 heterocycles. The third kappa shape index (κ3) is 3.85. The van der Waals surface area contributed by atoms with Gasteiger partial charge in [0.2, 0.25) is 5.95 Å². The van der Waals surface area contributed by atoms with E-state index in [1.54, 1.807) is 23.1 Å². The molecule has 4 rings (SSSR count). The first kappa shape index (κ1) is 18.5. The molecule has 8 nitrogen and oxygen atoms in total. The van der Waals surface area contributed by atoms with Gasteiger partial charge in [0.15, 0.2) is 5.76 Å². The van der Waals surface area contributed by atoms with Gasteiger partial charge in [-0.2, -0.15) is 0 Å². The van der Waals surface area contributed by atoms with Crippen LogP contribution in [0.1, 0.15) is 46.0 Å². The predicted molar refractivity (Wildman–Crippen MR) is 103 cm³/mol. The van der Waals surface area contributed by atoms with E-state index in [2.05, 4.69) is 9.97 Å². The summed E-state index contributed by atoms with van der Waals surface area (Å²) in [7, 11) is 0. The molecule has 2 saturated heterocycles. The number of likely N-dealkylation sites (tertiary alicyclic amines) is 1. The number of anilines is 1. The summed E-state index contributed by atoms with van der Waals surface area (Å²) in [6, 6.07) is 5.15. The van der Waals surface area contributed by atoms with Gasteiger partial charge in [0.25, 0.3) is 11.8 Å². The van der Waals surface area contributed by atoms with Crippen LogP contribution in [0.15, 0.2) is 28.9 Å². The minimum atomic E-state index is -0.101. The van der Waals surface area contributed by atoms with Gasteiger partial charge in [-0.05, 0) is 44.4 Å². The van der Waals surface area contributed by atoms with Gasteiger partial charge in [0, 0.05) is 45.0 Å². The van der Waals surface area contributed by atoms with Crippen LogP contribution in [0.3, 0.4) is 0 Å². The molecule has 2 aromatic rings. The van der Waals surface area contributed by atoms with Crippen LogP contribution in [-0.2, 0) is 0 Å². The molecule has 0 atom stereocenters. The molecule has 2 aliphatic rings. The van der Waals surface area contributed by atoms with E-state index in [0.717, 1.165) is 31.6 Å². The Hall–Kier alpha value is -2.90. The first-order chi connectivity index (χ1) is 13.6. The van der Waals surface area contributed by atoms with Crippen LogP contribution in [0.25, 0.3) is 0 Å². The van der Waals surface area contributed by atoms with Crippen molar-refractivity contribution in [2.24, 2.45) is 0 Å². The van der Waals surface area contributed by atoms with E-state index in [9.17, 15) is 9.59 Å². The maximum atomic E-state index is 12.8. The topological polar surface area (TPSA) is 82.8 Å². The summed E-state index contributed by atoms with van der Waals surface area (Å²) in [6.45, 7) is 5.84. The molecule has 0 N–H and O–H groups in total. The molecular weight excluding hydrogens is 358 g/mol. The van der Waals surface area contributed by atoms with Gasteiger partial charge in [-0.3, -0.25) is 9.59 Å². The van der Waals surface area contributed by atoms with Crippen LogP contribution in [0, 0.1) is 6.92 Å². The number of piperazine rings is 1. The molecule has 0 aliphatic carbocycles. The van der Waals surface area contributed by atoms with E-state index < -0.39 is 0 Å². The van der Waals surface area contributed by atoms with Crippen molar-refractivity contribution < 1.29 is 14.0 Å². The number of aromatic nitrogens is 2. The summed E-state index contributed by atoms with van der Waals surface area (Å²) >= 11 is 0. The third-order valence-corrected chi connectivity index (χ3v) is 5.29. The van der Waals surface area contributed by atoms with E-state index in [1.165, 1.54) is 12.7 Å². The Labute approximate surface area is 164 Å². The lowest BCUT2D eigenvalue weighted by Gasteiger charge is -2.34. The Morgan fingerprint density at radius 2 is 1.64 bits per heavy atom. The van der Waals surface area contributed by atoms with Crippen molar-refractivity contribution in [1.82, 2.24) is 19.8 Å². The average molecular weight is 383 g/mol. The summed E-state index contributed by atoms with van der Waals surface area (Å²) in [5.74, 6) is 0.800. The van der Waals surface area contributed by atoms with Crippen LogP contribution in [0.5, 0.6) is 0 Å². The number of hydrogen-bond acceptors (Lipinski definition) is 6. The normalized spacial score (nSPS) is 17.7. The van der Waals surface area contributed by atoms with Crippen molar-refractivity contribution >= 4 is 17.8 Å². The van der Waals surface area contributed by atoms with Gasteiger partial charge in [-0.25, -0.2) is 9.97 Å². The fourth-order valence-corrected chi connectivity index (χ4v) is 3.73. The van der Waals surface area contributed by atoms with Gasteiger partial charge in [-0.1, -0.05) is 0 Å². The molecule has 8 heteroatoms. The Balaban J connectivity index is 1.44. The number of carbonyl (C=O) groups is 2. The molecule has 0 radical (unpaired) electrons. The second kappa shape index (κ2) is 8.00. The van der Waals surface area contributed by atoms with Crippen LogP contribution >= 0.6 is 0 Å². The first-order valence-electron chi connectivity index (χ1n) is 9.84. The van der Waals surface area contributed by atoms with Crippen molar-refractivity contribution in [3.8, 4) is 0 Å². The van der Waals surface area contributed by atoms with E-state index in [-0.39, 0.29) is 11.8 Å². The molecular formula is C20H25N5O3. The molecule has 0 saturated carbocycles. The highest BCUT2D eigenvalue weighted by Crippen LogP contribution is 2.17. The zero-order chi connectivity index (χ0) is 19.5. The SMILES string of the molecule is Cc1cc(C(=O)N2CCCCC2)nc(N2CCN(C(=O)c3ccco3)CC2)n1. The highest BCUT2D eigenvalue weighted by Gasteiger charge is 2.26. The number of amides is 2. The Kier molecular flexibility index (Phi) is 5.27. The van der Waals surface area contributed by atoms with Crippen molar-refractivity contribution in [2.45, 2.75) is 26.2 Å². The molecule has 0 bridgehead atoms. The summed E-state index contributed by atoms with van der Waals surface area (Å²) in [5, 5.41) is 0. The molecule has 2 aliphatic heterocycles. The molecule has 0 unspecified atom stereocenters. The van der Waals surface area contributed by atoms with Crippen LogP contribution in [0.2, 0.25) is 0 Å². The largest absolute Gasteiger partial charge is 0.459 e. The molecule has 0 aromatic carbocycles. The lowest BCUT2D eigenvalue weighted by molar-refractivity contribution is 0.0712. The van der Waals surface area contributed by atoms with Crippen molar-refractivity contribution in [2.75, 3.05) is 44.2 Å². The first-order valence-corrected chi connectivity index (χ1v) is 9.84. The van der Waals surface area contributed by atoms with Gasteiger partial charge in [0.05, 0.1) is 6.26 Å². The van der Waals surface area contributed by atoms with Crippen LogP contribution < -0.4 is 4.90 Å². The van der Waals surface area contributed by atoms with Gasteiger partial charge in [0.1, 0.15) is 5.69 Å². The zero-order valence-electron chi connectivity index (χ0n) is 16.1. The quantitative estimate of drug-likeness (QED) is 0.806. The third-order valence-electron chi connectivity index (χ3n) is 5.29. The minimum absolute atomic E-state index is 0.0157. The van der Waals surface area contributed by atoms with Gasteiger partial charge >= 0.3 is 0 Å². The second-order valence-corrected chi connectivity index (χ2v) is 7.30. The average Bonchev–Trinajstić information content (AvgIpc) is 3.28. The number of carbonyl (C=O) groups excluding carboxylic acids is 2. The lowest BCUT2D eigenvalue weighted by atomic mass is 10.1. The van der Waals surface area contributed by atoms with E-state index >= 15 is 0 Å². The molecule has 2 fully saturated rings. The fourth-order valence-electron chi connectivity index (χ4n) is 3.73. The predicted octanol–water partition coefficient (Wildman–Crippen LogP) is 1.97. The standard InChI is InChI=1S/C20H25N5O3/c1-15-14-16(18(26)23-7-3-2-4-8-23)22-20(21-15)25-11-9-24(10-12-25)19(27)17-6-5-13-28-17/h5-6,13-14H,2-4,7-12H2,1H3. The van der Waals surface area contributed by atoms with E-state index in [1.807, 2.05) is 16.7 Å². The van der Waals surface area contributed by atoms with Gasteiger partial charge in [-0.15, -0.1) is 0 Å². The lowest BCUT2D eigenvalue weighted by Crippen LogP contribution is -2.49. The molecule has 0 spiro atoms. The van der Waals surface area contributed by atoms with Crippen LogP contribution in [-0.4, -0.2) is 70.9 Å². The summed E-state index contributed by atoms with van der Waals surface area (Å²) in [6.07, 6.45) is 4.78. The molecule has 2 aromatic heterocycles. The van der Waals surface area contributed by atoms with E-state index in [0.29, 0.717) is 43.6 Å². The minimum Gasteiger partial charge on any atom is -0.459 e. The summed E-state index contributed by atoms with van der Waals surface area (Å²) < 4.78 is 5.20. The smallest absolute Gasteiger partial charge is 0.289 e. The summed E-state index contributed by atoms with van der Waals surface area (Å²) in [5.41, 5.74) is 1.23. The number of aryl methyl sites for hydroxylation is 1. The Morgan fingerprint density at radius 1 is 0.929 bits per heavy atom. The van der Waals surface area contributed by atoms with Crippen molar-refractivity contribution in [3.63, 3.8) is 0 Å². The second-order valence-electron chi connectivity index (χ2n) is 7.30. The Morgan fingerprint density at radius 3 is 2.32 bits per heavy atom. The number of nitrogens with zero attached hydrogens (tertiary/aromatic N) is 5. The number of rotatable bonds is 3. The van der Waals surface area contributed by atoms with Crippen LogP contribution in [0.4, 0.5) is 5.95 Å². The molecule has 28 heavy (non-hydrogen) atoms. The maximum Gasteiger partial charge on any atom is 0.289 e. The fraction of sp³-hybridized carbons (Fsp3) is 0.500. The highest BCUT2D eigenvalue weighted by molar-refractivity contribution is 5.93. The molecule has 148 valence electrons. The van der Waals surface area contributed by atoms with Gasteiger partial charge < -0.3 is 19.1 Å².